The molecule has 2 aromatic heterocycles. The molecule has 0 aliphatic carbocycles. The van der Waals surface area contributed by atoms with E-state index in [1.165, 1.54) is 65.7 Å². The zero-order chi connectivity index (χ0) is 36.7. The van der Waals surface area contributed by atoms with E-state index >= 15 is 0 Å². The van der Waals surface area contributed by atoms with Gasteiger partial charge in [-0.05, 0) is 119 Å². The normalized spacial score (nSPS) is 11.9. The molecule has 0 unspecified atom stereocenters. The van der Waals surface area contributed by atoms with Crippen LogP contribution in [0.1, 0.15) is 0 Å². The number of furan rings is 2. The Morgan fingerprint density at radius 1 is 0.179 bits per heavy atom. The second-order valence-electron chi connectivity index (χ2n) is 14.8. The minimum Gasteiger partial charge on any atom is -0.456 e. The first kappa shape index (κ1) is 31.0. The van der Waals surface area contributed by atoms with Gasteiger partial charge in [-0.15, -0.1) is 0 Å². The molecule has 0 aliphatic heterocycles. The number of benzene rings is 10. The molecule has 0 bridgehead atoms. The Hall–Kier alpha value is -7.42. The van der Waals surface area contributed by atoms with Crippen LogP contribution in [-0.2, 0) is 0 Å². The fourth-order valence-electron chi connectivity index (χ4n) is 8.83. The molecule has 0 radical (unpaired) electrons. The maximum absolute atomic E-state index is 6.42. The minimum atomic E-state index is 0.863. The Bertz CT molecular complexity index is 3460. The van der Waals surface area contributed by atoms with Crippen molar-refractivity contribution in [2.24, 2.45) is 0 Å². The van der Waals surface area contributed by atoms with Crippen LogP contribution in [0.4, 0.5) is 0 Å². The highest BCUT2D eigenvalue weighted by Gasteiger charge is 2.16. The molecule has 2 heterocycles. The van der Waals surface area contributed by atoms with E-state index in [2.05, 4.69) is 188 Å². The monoisotopic (exact) mass is 712 g/mol. The smallest absolute Gasteiger partial charge is 0.136 e. The molecule has 10 aromatic carbocycles. The summed E-state index contributed by atoms with van der Waals surface area (Å²) in [6, 6.07) is 69.8. The van der Waals surface area contributed by atoms with Crippen molar-refractivity contribution >= 4 is 76.2 Å². The maximum Gasteiger partial charge on any atom is 0.136 e. The van der Waals surface area contributed by atoms with Crippen molar-refractivity contribution in [1.82, 2.24) is 0 Å². The van der Waals surface area contributed by atoms with E-state index < -0.39 is 0 Å². The summed E-state index contributed by atoms with van der Waals surface area (Å²) in [7, 11) is 0. The van der Waals surface area contributed by atoms with Gasteiger partial charge in [-0.25, -0.2) is 0 Å². The van der Waals surface area contributed by atoms with Crippen LogP contribution in [0.5, 0.6) is 0 Å². The van der Waals surface area contributed by atoms with E-state index in [-0.39, 0.29) is 0 Å². The summed E-state index contributed by atoms with van der Waals surface area (Å²) in [6.45, 7) is 0. The van der Waals surface area contributed by atoms with E-state index in [4.69, 9.17) is 8.83 Å². The van der Waals surface area contributed by atoms with Gasteiger partial charge in [-0.3, -0.25) is 0 Å². The van der Waals surface area contributed by atoms with E-state index in [1.54, 1.807) is 0 Å². The lowest BCUT2D eigenvalue weighted by Crippen LogP contribution is -1.85. The van der Waals surface area contributed by atoms with Crippen LogP contribution < -0.4 is 0 Å². The SMILES string of the molecule is c1ccc(-c2ccc3oc4cc5c(cc4c3c2)oc2ccc(-c3ccc(-c4ccc(-c6ccc7c8ccccc8c8ccccc8c7c6)cc4)cc3)cc25)cc1. The van der Waals surface area contributed by atoms with Gasteiger partial charge in [0.05, 0.1) is 0 Å². The number of rotatable bonds is 4. The first-order chi connectivity index (χ1) is 27.7. The summed E-state index contributed by atoms with van der Waals surface area (Å²) >= 11 is 0. The molecular weight excluding hydrogens is 681 g/mol. The summed E-state index contributed by atoms with van der Waals surface area (Å²) in [5.74, 6) is 0. The highest BCUT2D eigenvalue weighted by atomic mass is 16.3. The van der Waals surface area contributed by atoms with Crippen molar-refractivity contribution in [2.75, 3.05) is 0 Å². The second kappa shape index (κ2) is 12.0. The Kier molecular flexibility index (Phi) is 6.66. The van der Waals surface area contributed by atoms with Gasteiger partial charge in [0.25, 0.3) is 0 Å². The quantitative estimate of drug-likeness (QED) is 0.170. The van der Waals surface area contributed by atoms with Crippen LogP contribution in [0.3, 0.4) is 0 Å². The standard InChI is InChI=1S/C54H32O2/c1-2-8-33(9-3-1)39-23-26-51-47(29-39)49-31-54-50(32-53(49)55-51)48-30-40(24-27-52(48)56-54)37-20-16-35(17-21-37)34-14-18-36(19-15-34)38-22-25-45-43-12-5-4-10-41(43)42-11-6-7-13-44(42)46(45)28-38/h1-32H. The summed E-state index contributed by atoms with van der Waals surface area (Å²) < 4.78 is 12.8. The summed E-state index contributed by atoms with van der Waals surface area (Å²) in [5.41, 5.74) is 13.0. The van der Waals surface area contributed by atoms with Crippen LogP contribution in [-0.4, -0.2) is 0 Å². The number of hydrogen-bond donors (Lipinski definition) is 0. The van der Waals surface area contributed by atoms with Crippen LogP contribution in [0, 0.1) is 0 Å². The third-order valence-corrected chi connectivity index (χ3v) is 11.7. The van der Waals surface area contributed by atoms with Crippen molar-refractivity contribution in [3.8, 4) is 44.5 Å². The predicted molar refractivity (Wildman–Crippen MR) is 235 cm³/mol. The van der Waals surface area contributed by atoms with Crippen LogP contribution in [0.2, 0.25) is 0 Å². The highest BCUT2D eigenvalue weighted by Crippen LogP contribution is 2.40. The van der Waals surface area contributed by atoms with Gasteiger partial charge in [-0.1, -0.05) is 152 Å². The topological polar surface area (TPSA) is 26.3 Å². The summed E-state index contributed by atoms with van der Waals surface area (Å²) in [5, 5.41) is 12.1. The van der Waals surface area contributed by atoms with Crippen molar-refractivity contribution in [3.63, 3.8) is 0 Å². The molecule has 2 nitrogen and oxygen atoms in total. The second-order valence-corrected chi connectivity index (χ2v) is 14.8. The first-order valence-corrected chi connectivity index (χ1v) is 19.1. The van der Waals surface area contributed by atoms with Crippen LogP contribution in [0.25, 0.3) is 121 Å². The molecule has 12 aromatic rings. The largest absolute Gasteiger partial charge is 0.456 e. The van der Waals surface area contributed by atoms with E-state index in [0.29, 0.717) is 0 Å². The Morgan fingerprint density at radius 2 is 0.482 bits per heavy atom. The van der Waals surface area contributed by atoms with E-state index in [9.17, 15) is 0 Å². The minimum absolute atomic E-state index is 0.863. The van der Waals surface area contributed by atoms with Gasteiger partial charge in [0.1, 0.15) is 22.3 Å². The molecule has 0 saturated heterocycles. The lowest BCUT2D eigenvalue weighted by atomic mass is 9.91. The molecular formula is C54H32O2. The van der Waals surface area contributed by atoms with Gasteiger partial charge in [0.15, 0.2) is 0 Å². The Morgan fingerprint density at radius 3 is 0.946 bits per heavy atom. The van der Waals surface area contributed by atoms with Gasteiger partial charge in [-0.2, -0.15) is 0 Å². The van der Waals surface area contributed by atoms with Gasteiger partial charge >= 0.3 is 0 Å². The van der Waals surface area contributed by atoms with Crippen LogP contribution in [0.15, 0.2) is 203 Å². The highest BCUT2D eigenvalue weighted by molar-refractivity contribution is 6.25. The van der Waals surface area contributed by atoms with E-state index in [1.807, 2.05) is 6.07 Å². The average molecular weight is 713 g/mol. The lowest BCUT2D eigenvalue weighted by molar-refractivity contribution is 0.664. The molecule has 2 heteroatoms. The van der Waals surface area contributed by atoms with Crippen molar-refractivity contribution in [3.05, 3.63) is 194 Å². The average Bonchev–Trinajstić information content (AvgIpc) is 3.82. The van der Waals surface area contributed by atoms with Crippen molar-refractivity contribution in [2.45, 2.75) is 0 Å². The number of hydrogen-bond acceptors (Lipinski definition) is 2. The van der Waals surface area contributed by atoms with Crippen LogP contribution >= 0.6 is 0 Å². The Balaban J connectivity index is 0.854. The third kappa shape index (κ3) is 4.83. The lowest BCUT2D eigenvalue weighted by Gasteiger charge is -2.12. The van der Waals surface area contributed by atoms with E-state index in [0.717, 1.165) is 55.0 Å². The summed E-state index contributed by atoms with van der Waals surface area (Å²) in [6.07, 6.45) is 0. The fraction of sp³-hybridized carbons (Fsp3) is 0. The zero-order valence-electron chi connectivity index (χ0n) is 30.3. The maximum atomic E-state index is 6.42. The molecule has 0 spiro atoms. The van der Waals surface area contributed by atoms with Gasteiger partial charge in [0, 0.05) is 21.5 Å². The number of fused-ring (bicyclic) bond motifs is 12. The molecule has 0 fully saturated rings. The zero-order valence-corrected chi connectivity index (χ0v) is 30.3. The molecule has 0 aliphatic rings. The fourth-order valence-corrected chi connectivity index (χ4v) is 8.83. The molecule has 0 amide bonds. The predicted octanol–water partition coefficient (Wildman–Crippen LogP) is 15.6. The first-order valence-electron chi connectivity index (χ1n) is 19.1. The molecule has 0 atom stereocenters. The third-order valence-electron chi connectivity index (χ3n) is 11.7. The molecule has 12 rings (SSSR count). The molecule has 0 saturated carbocycles. The molecule has 260 valence electrons. The van der Waals surface area contributed by atoms with Crippen molar-refractivity contribution in [1.29, 1.82) is 0 Å². The Labute approximate surface area is 322 Å². The molecule has 0 N–H and O–H groups in total. The van der Waals surface area contributed by atoms with Gasteiger partial charge < -0.3 is 8.83 Å². The van der Waals surface area contributed by atoms with Crippen molar-refractivity contribution < 1.29 is 8.83 Å². The molecule has 56 heavy (non-hydrogen) atoms. The summed E-state index contributed by atoms with van der Waals surface area (Å²) in [4.78, 5) is 0. The van der Waals surface area contributed by atoms with Gasteiger partial charge in [0.2, 0.25) is 0 Å².